The first kappa shape index (κ1) is 21.0. The van der Waals surface area contributed by atoms with E-state index in [1.807, 2.05) is 73.3 Å². The highest BCUT2D eigenvalue weighted by atomic mass is 32.1. The highest BCUT2D eigenvalue weighted by Gasteiger charge is 2.34. The van der Waals surface area contributed by atoms with Gasteiger partial charge in [-0.25, -0.2) is 4.39 Å². The second-order valence-corrected chi connectivity index (χ2v) is 8.28. The van der Waals surface area contributed by atoms with Crippen LogP contribution in [0.1, 0.15) is 30.0 Å². The molecule has 0 saturated heterocycles. The maximum Gasteiger partial charge on any atom is 0.258 e. The first-order valence-corrected chi connectivity index (χ1v) is 10.9. The molecule has 2 heterocycles. The molecule has 0 fully saturated rings. The molecule has 7 heteroatoms. The standard InChI is InChI=1S/C26H21FN4OS/c1-16-8-10-19(11-9-16)24-29-25(32-30-24)22-17(2)31(21-14-12-20(27)13-15-21)26(33)28-23(22)18-6-4-3-5-7-18/h3-15,23H,1-2H3,(H,28,33). The normalized spacial score (nSPS) is 16.2. The lowest BCUT2D eigenvalue weighted by atomic mass is 9.94. The molecule has 5 nitrogen and oxygen atoms in total. The van der Waals surface area contributed by atoms with Gasteiger partial charge in [0.2, 0.25) is 5.82 Å². The third-order valence-electron chi connectivity index (χ3n) is 5.67. The number of aromatic nitrogens is 2. The lowest BCUT2D eigenvalue weighted by molar-refractivity contribution is 0.404. The van der Waals surface area contributed by atoms with Gasteiger partial charge in [0.25, 0.3) is 5.89 Å². The summed E-state index contributed by atoms with van der Waals surface area (Å²) >= 11 is 5.71. The molecule has 3 aromatic carbocycles. The number of allylic oxidation sites excluding steroid dienone is 1. The summed E-state index contributed by atoms with van der Waals surface area (Å²) < 4.78 is 19.3. The Kier molecular flexibility index (Phi) is 5.48. The molecule has 1 N–H and O–H groups in total. The minimum absolute atomic E-state index is 0.276. The van der Waals surface area contributed by atoms with Crippen LogP contribution >= 0.6 is 12.2 Å². The summed E-state index contributed by atoms with van der Waals surface area (Å²) in [5, 5.41) is 8.15. The largest absolute Gasteiger partial charge is 0.351 e. The summed E-state index contributed by atoms with van der Waals surface area (Å²) in [6.07, 6.45) is 0. The number of nitrogens with one attached hydrogen (secondary N) is 1. The van der Waals surface area contributed by atoms with Crippen molar-refractivity contribution in [2.24, 2.45) is 0 Å². The molecule has 1 unspecified atom stereocenters. The van der Waals surface area contributed by atoms with Crippen LogP contribution in [-0.4, -0.2) is 15.3 Å². The van der Waals surface area contributed by atoms with Crippen LogP contribution in [0.15, 0.2) is 89.1 Å². The van der Waals surface area contributed by atoms with Crippen LogP contribution in [0.2, 0.25) is 0 Å². The first-order valence-electron chi connectivity index (χ1n) is 10.5. The summed E-state index contributed by atoms with van der Waals surface area (Å²) in [4.78, 5) is 6.58. The van der Waals surface area contributed by atoms with E-state index in [0.717, 1.165) is 33.6 Å². The quantitative estimate of drug-likeness (QED) is 0.377. The molecule has 5 rings (SSSR count). The zero-order valence-corrected chi connectivity index (χ0v) is 18.9. The van der Waals surface area contributed by atoms with Gasteiger partial charge < -0.3 is 9.84 Å². The number of rotatable bonds is 4. The number of hydrogen-bond donors (Lipinski definition) is 1. The van der Waals surface area contributed by atoms with E-state index in [0.29, 0.717) is 16.8 Å². The summed E-state index contributed by atoms with van der Waals surface area (Å²) in [7, 11) is 0. The Morgan fingerprint density at radius 1 is 0.939 bits per heavy atom. The maximum atomic E-state index is 13.5. The minimum atomic E-state index is -0.307. The van der Waals surface area contributed by atoms with Gasteiger partial charge in [-0.05, 0) is 55.9 Å². The van der Waals surface area contributed by atoms with Gasteiger partial charge in [-0.1, -0.05) is 65.3 Å². The van der Waals surface area contributed by atoms with Crippen LogP contribution in [-0.2, 0) is 0 Å². The van der Waals surface area contributed by atoms with Crippen molar-refractivity contribution < 1.29 is 8.91 Å². The van der Waals surface area contributed by atoms with Crippen LogP contribution in [0.5, 0.6) is 0 Å². The average Bonchev–Trinajstić information content (AvgIpc) is 3.30. The average molecular weight is 457 g/mol. The van der Waals surface area contributed by atoms with Gasteiger partial charge in [0.15, 0.2) is 5.11 Å². The molecule has 0 bridgehead atoms. The van der Waals surface area contributed by atoms with Crippen molar-refractivity contribution in [3.8, 4) is 11.4 Å². The van der Waals surface area contributed by atoms with Crippen LogP contribution < -0.4 is 10.2 Å². The highest BCUT2D eigenvalue weighted by molar-refractivity contribution is 7.80. The van der Waals surface area contributed by atoms with Gasteiger partial charge in [-0.15, -0.1) is 0 Å². The Balaban J connectivity index is 1.64. The van der Waals surface area contributed by atoms with Crippen molar-refractivity contribution in [2.45, 2.75) is 19.9 Å². The molecule has 0 radical (unpaired) electrons. The SMILES string of the molecule is CC1=C(c2nc(-c3ccc(C)cc3)no2)C(c2ccccc2)NC(=S)N1c1ccc(F)cc1. The molecule has 1 aliphatic heterocycles. The number of benzene rings is 3. The van der Waals surface area contributed by atoms with Crippen LogP contribution in [0.3, 0.4) is 0 Å². The number of nitrogens with zero attached hydrogens (tertiary/aromatic N) is 3. The molecule has 0 aliphatic carbocycles. The molecular weight excluding hydrogens is 435 g/mol. The van der Waals surface area contributed by atoms with E-state index in [9.17, 15) is 4.39 Å². The summed E-state index contributed by atoms with van der Waals surface area (Å²) in [6.45, 7) is 3.99. The Hall–Kier alpha value is -3.84. The Bertz CT molecular complexity index is 1330. The van der Waals surface area contributed by atoms with Crippen molar-refractivity contribution in [3.63, 3.8) is 0 Å². The van der Waals surface area contributed by atoms with Crippen LogP contribution in [0, 0.1) is 12.7 Å². The Morgan fingerprint density at radius 3 is 2.33 bits per heavy atom. The van der Waals surface area contributed by atoms with Crippen molar-refractivity contribution in [3.05, 3.63) is 107 Å². The van der Waals surface area contributed by atoms with Gasteiger partial charge in [0, 0.05) is 16.9 Å². The van der Waals surface area contributed by atoms with Crippen molar-refractivity contribution in [1.82, 2.24) is 15.5 Å². The first-order chi connectivity index (χ1) is 16.0. The van der Waals surface area contributed by atoms with Crippen LogP contribution in [0.4, 0.5) is 10.1 Å². The predicted molar refractivity (Wildman–Crippen MR) is 131 cm³/mol. The third-order valence-corrected chi connectivity index (χ3v) is 5.97. The predicted octanol–water partition coefficient (Wildman–Crippen LogP) is 6.05. The monoisotopic (exact) mass is 456 g/mol. The summed E-state index contributed by atoms with van der Waals surface area (Å²) in [6, 6.07) is 23.9. The maximum absolute atomic E-state index is 13.5. The van der Waals surface area contributed by atoms with Gasteiger partial charge in [-0.3, -0.25) is 4.90 Å². The second kappa shape index (κ2) is 8.60. The number of aryl methyl sites for hydroxylation is 1. The molecule has 1 atom stereocenters. The number of hydrogen-bond acceptors (Lipinski definition) is 4. The molecular formula is C26H21FN4OS. The number of thiocarbonyl (C=S) groups is 1. The topological polar surface area (TPSA) is 54.2 Å². The fraction of sp³-hybridized carbons (Fsp3) is 0.115. The third kappa shape index (κ3) is 4.03. The van der Waals surface area contributed by atoms with Gasteiger partial charge in [-0.2, -0.15) is 4.98 Å². The minimum Gasteiger partial charge on any atom is -0.351 e. The Morgan fingerprint density at radius 2 is 1.64 bits per heavy atom. The van der Waals surface area contributed by atoms with Crippen molar-refractivity contribution in [2.75, 3.05) is 4.90 Å². The molecule has 33 heavy (non-hydrogen) atoms. The van der Waals surface area contributed by atoms with Gasteiger partial charge in [0.1, 0.15) is 5.82 Å². The van der Waals surface area contributed by atoms with E-state index in [4.69, 9.17) is 21.7 Å². The lowest BCUT2D eigenvalue weighted by Crippen LogP contribution is -2.46. The van der Waals surface area contributed by atoms with E-state index < -0.39 is 0 Å². The molecule has 4 aromatic rings. The highest BCUT2D eigenvalue weighted by Crippen LogP contribution is 2.39. The second-order valence-electron chi connectivity index (χ2n) is 7.89. The lowest BCUT2D eigenvalue weighted by Gasteiger charge is -2.37. The van der Waals surface area contributed by atoms with E-state index in [2.05, 4.69) is 10.5 Å². The van der Waals surface area contributed by atoms with E-state index >= 15 is 0 Å². The van der Waals surface area contributed by atoms with Gasteiger partial charge >= 0.3 is 0 Å². The van der Waals surface area contributed by atoms with Crippen molar-refractivity contribution >= 4 is 28.6 Å². The number of halogens is 1. The molecule has 164 valence electrons. The summed E-state index contributed by atoms with van der Waals surface area (Å²) in [5.41, 5.74) is 5.44. The zero-order chi connectivity index (χ0) is 22.9. The molecule has 0 spiro atoms. The molecule has 0 saturated carbocycles. The van der Waals surface area contributed by atoms with Crippen LogP contribution in [0.25, 0.3) is 17.0 Å². The molecule has 0 amide bonds. The fourth-order valence-corrected chi connectivity index (χ4v) is 4.33. The smallest absolute Gasteiger partial charge is 0.258 e. The number of anilines is 1. The molecule has 1 aliphatic rings. The van der Waals surface area contributed by atoms with E-state index in [-0.39, 0.29) is 11.9 Å². The summed E-state index contributed by atoms with van der Waals surface area (Å²) in [5.74, 6) is 0.607. The van der Waals surface area contributed by atoms with E-state index in [1.165, 1.54) is 12.1 Å². The fourth-order valence-electron chi connectivity index (χ4n) is 3.97. The van der Waals surface area contributed by atoms with Crippen molar-refractivity contribution in [1.29, 1.82) is 0 Å². The zero-order valence-electron chi connectivity index (χ0n) is 18.1. The Labute approximate surface area is 196 Å². The van der Waals surface area contributed by atoms with E-state index in [1.54, 1.807) is 12.1 Å². The van der Waals surface area contributed by atoms with Gasteiger partial charge in [0.05, 0.1) is 11.6 Å². The molecule has 1 aromatic heterocycles.